The van der Waals surface area contributed by atoms with Crippen molar-refractivity contribution in [3.8, 4) is 5.75 Å². The quantitative estimate of drug-likeness (QED) is 0.935. The van der Waals surface area contributed by atoms with Gasteiger partial charge in [0.2, 0.25) is 5.91 Å². The summed E-state index contributed by atoms with van der Waals surface area (Å²) in [6.45, 7) is 1.99. The number of rotatable bonds is 4. The molecule has 1 aliphatic rings. The Bertz CT molecular complexity index is 685. The van der Waals surface area contributed by atoms with Gasteiger partial charge in [0.1, 0.15) is 5.75 Å². The molecule has 0 radical (unpaired) electrons. The lowest BCUT2D eigenvalue weighted by Crippen LogP contribution is -2.17. The highest BCUT2D eigenvalue weighted by Crippen LogP contribution is 2.54. The summed E-state index contributed by atoms with van der Waals surface area (Å²) in [5.41, 5.74) is 9.60. The second-order valence-electron chi connectivity index (χ2n) is 5.65. The molecule has 0 bridgehead atoms. The van der Waals surface area contributed by atoms with Crippen LogP contribution < -0.4 is 10.5 Å². The predicted octanol–water partition coefficient (Wildman–Crippen LogP) is 3.18. The molecule has 0 unspecified atom stereocenters. The second-order valence-corrected chi connectivity index (χ2v) is 5.65. The molecule has 0 aromatic heterocycles. The molecule has 1 saturated carbocycles. The van der Waals surface area contributed by atoms with Crippen LogP contribution in [0.1, 0.15) is 39.9 Å². The predicted molar refractivity (Wildman–Crippen MR) is 82.7 cm³/mol. The first kappa shape index (κ1) is 13.7. The molecule has 3 rings (SSSR count). The fourth-order valence-corrected chi connectivity index (χ4v) is 3.17. The molecule has 1 fully saturated rings. The van der Waals surface area contributed by atoms with Crippen molar-refractivity contribution in [1.29, 1.82) is 0 Å². The third-order valence-electron chi connectivity index (χ3n) is 4.51. The van der Waals surface area contributed by atoms with Crippen molar-refractivity contribution < 1.29 is 9.53 Å². The first-order valence-corrected chi connectivity index (χ1v) is 7.13. The molecule has 108 valence electrons. The Hall–Kier alpha value is -2.29. The molecular weight excluding hydrogens is 262 g/mol. The summed E-state index contributed by atoms with van der Waals surface area (Å²) in [6, 6.07) is 14.0. The van der Waals surface area contributed by atoms with Crippen LogP contribution in [0.4, 0.5) is 0 Å². The van der Waals surface area contributed by atoms with Gasteiger partial charge in [-0.05, 0) is 54.7 Å². The lowest BCUT2D eigenvalue weighted by Gasteiger charge is -2.20. The number of ether oxygens (including phenoxy) is 1. The molecule has 0 atom stereocenters. The maximum atomic E-state index is 11.5. The summed E-state index contributed by atoms with van der Waals surface area (Å²) in [4.78, 5) is 11.5. The molecule has 3 heteroatoms. The van der Waals surface area contributed by atoms with Crippen molar-refractivity contribution in [2.24, 2.45) is 5.73 Å². The van der Waals surface area contributed by atoms with Crippen molar-refractivity contribution >= 4 is 5.91 Å². The minimum atomic E-state index is -0.361. The molecule has 1 aliphatic carbocycles. The first-order chi connectivity index (χ1) is 10.1. The Morgan fingerprint density at radius 2 is 1.81 bits per heavy atom. The third kappa shape index (κ3) is 2.19. The summed E-state index contributed by atoms with van der Waals surface area (Å²) in [5.74, 6) is 0.497. The van der Waals surface area contributed by atoms with E-state index in [-0.39, 0.29) is 11.3 Å². The van der Waals surface area contributed by atoms with Gasteiger partial charge in [-0.15, -0.1) is 0 Å². The zero-order valence-electron chi connectivity index (χ0n) is 12.3. The van der Waals surface area contributed by atoms with E-state index in [4.69, 9.17) is 10.5 Å². The van der Waals surface area contributed by atoms with Gasteiger partial charge in [0.25, 0.3) is 0 Å². The van der Waals surface area contributed by atoms with E-state index in [0.717, 1.165) is 24.2 Å². The van der Waals surface area contributed by atoms with Crippen LogP contribution in [0, 0.1) is 6.92 Å². The van der Waals surface area contributed by atoms with Gasteiger partial charge in [0, 0.05) is 11.0 Å². The van der Waals surface area contributed by atoms with Gasteiger partial charge in [-0.25, -0.2) is 0 Å². The van der Waals surface area contributed by atoms with Crippen LogP contribution in [0.3, 0.4) is 0 Å². The van der Waals surface area contributed by atoms with E-state index in [1.54, 1.807) is 13.2 Å². The molecule has 0 spiro atoms. The van der Waals surface area contributed by atoms with Gasteiger partial charge in [0.05, 0.1) is 7.11 Å². The summed E-state index contributed by atoms with van der Waals surface area (Å²) in [5, 5.41) is 0. The number of hydrogen-bond acceptors (Lipinski definition) is 2. The number of primary amides is 1. The molecular formula is C18H19NO2. The monoisotopic (exact) mass is 281 g/mol. The SMILES string of the molecule is COc1ccc(C2(c3cccc(C(N)=O)c3C)CC2)cc1. The highest BCUT2D eigenvalue weighted by Gasteiger charge is 2.46. The van der Waals surface area contributed by atoms with E-state index >= 15 is 0 Å². The molecule has 3 nitrogen and oxygen atoms in total. The Morgan fingerprint density at radius 3 is 2.33 bits per heavy atom. The summed E-state index contributed by atoms with van der Waals surface area (Å²) in [6.07, 6.45) is 2.20. The van der Waals surface area contributed by atoms with Gasteiger partial charge < -0.3 is 10.5 Å². The summed E-state index contributed by atoms with van der Waals surface area (Å²) < 4.78 is 5.22. The topological polar surface area (TPSA) is 52.3 Å². The highest BCUT2D eigenvalue weighted by molar-refractivity contribution is 5.94. The Balaban J connectivity index is 2.06. The van der Waals surface area contributed by atoms with Crippen molar-refractivity contribution in [2.75, 3.05) is 7.11 Å². The smallest absolute Gasteiger partial charge is 0.248 e. The van der Waals surface area contributed by atoms with Gasteiger partial charge in [-0.2, -0.15) is 0 Å². The average Bonchev–Trinajstić information content (AvgIpc) is 3.29. The number of hydrogen-bond donors (Lipinski definition) is 1. The lowest BCUT2D eigenvalue weighted by molar-refractivity contribution is 0.0999. The molecule has 2 aromatic rings. The Morgan fingerprint density at radius 1 is 1.14 bits per heavy atom. The molecule has 21 heavy (non-hydrogen) atoms. The van der Waals surface area contributed by atoms with Crippen LogP contribution in [0.25, 0.3) is 0 Å². The fraction of sp³-hybridized carbons (Fsp3) is 0.278. The van der Waals surface area contributed by atoms with Crippen molar-refractivity contribution in [2.45, 2.75) is 25.2 Å². The van der Waals surface area contributed by atoms with Crippen molar-refractivity contribution in [1.82, 2.24) is 0 Å². The largest absolute Gasteiger partial charge is 0.497 e. The van der Waals surface area contributed by atoms with Crippen LogP contribution >= 0.6 is 0 Å². The Labute approximate surface area is 124 Å². The van der Waals surface area contributed by atoms with Crippen LogP contribution in [0.5, 0.6) is 5.75 Å². The highest BCUT2D eigenvalue weighted by atomic mass is 16.5. The standard InChI is InChI=1S/C18H19NO2/c1-12-15(17(19)20)4-3-5-16(12)18(10-11-18)13-6-8-14(21-2)9-7-13/h3-9H,10-11H2,1-2H3,(H2,19,20). The summed E-state index contributed by atoms with van der Waals surface area (Å²) in [7, 11) is 1.67. The van der Waals surface area contributed by atoms with Crippen molar-refractivity contribution in [3.05, 3.63) is 64.7 Å². The minimum absolute atomic E-state index is 0.0296. The van der Waals surface area contributed by atoms with E-state index in [2.05, 4.69) is 18.2 Å². The lowest BCUT2D eigenvalue weighted by atomic mass is 9.84. The van der Waals surface area contributed by atoms with Gasteiger partial charge in [-0.3, -0.25) is 4.79 Å². The zero-order valence-corrected chi connectivity index (χ0v) is 12.3. The van der Waals surface area contributed by atoms with Crippen LogP contribution in [0.15, 0.2) is 42.5 Å². The van der Waals surface area contributed by atoms with Gasteiger partial charge in [-0.1, -0.05) is 24.3 Å². The third-order valence-corrected chi connectivity index (χ3v) is 4.51. The molecule has 1 amide bonds. The first-order valence-electron chi connectivity index (χ1n) is 7.13. The van der Waals surface area contributed by atoms with E-state index in [1.165, 1.54) is 11.1 Å². The molecule has 0 heterocycles. The van der Waals surface area contributed by atoms with Crippen molar-refractivity contribution in [3.63, 3.8) is 0 Å². The van der Waals surface area contributed by atoms with Gasteiger partial charge in [0.15, 0.2) is 0 Å². The maximum Gasteiger partial charge on any atom is 0.248 e. The number of methoxy groups -OCH3 is 1. The second kappa shape index (κ2) is 4.92. The number of carbonyl (C=O) groups is 1. The Kier molecular flexibility index (Phi) is 3.20. The van der Waals surface area contributed by atoms with Gasteiger partial charge >= 0.3 is 0 Å². The van der Waals surface area contributed by atoms with E-state index in [1.807, 2.05) is 25.1 Å². The molecule has 2 aromatic carbocycles. The molecule has 2 N–H and O–H groups in total. The van der Waals surface area contributed by atoms with Crippen LogP contribution in [0.2, 0.25) is 0 Å². The molecule has 0 saturated heterocycles. The number of amides is 1. The average molecular weight is 281 g/mol. The number of benzene rings is 2. The van der Waals surface area contributed by atoms with E-state index in [0.29, 0.717) is 5.56 Å². The van der Waals surface area contributed by atoms with E-state index in [9.17, 15) is 4.79 Å². The van der Waals surface area contributed by atoms with E-state index < -0.39 is 0 Å². The minimum Gasteiger partial charge on any atom is -0.497 e. The number of nitrogens with two attached hydrogens (primary N) is 1. The zero-order chi connectivity index (χ0) is 15.0. The van der Waals surface area contributed by atoms with Crippen LogP contribution in [-0.4, -0.2) is 13.0 Å². The van der Waals surface area contributed by atoms with Crippen LogP contribution in [-0.2, 0) is 5.41 Å². The number of carbonyl (C=O) groups excluding carboxylic acids is 1. The summed E-state index contributed by atoms with van der Waals surface area (Å²) >= 11 is 0. The fourth-order valence-electron chi connectivity index (χ4n) is 3.17. The normalized spacial score (nSPS) is 15.5. The molecule has 0 aliphatic heterocycles. The maximum absolute atomic E-state index is 11.5.